The van der Waals surface area contributed by atoms with Gasteiger partial charge in [0.05, 0.1) is 23.2 Å². The molecule has 8 nitrogen and oxygen atoms in total. The van der Waals surface area contributed by atoms with Crippen molar-refractivity contribution in [3.63, 3.8) is 0 Å². The second kappa shape index (κ2) is 8.39. The fourth-order valence-electron chi connectivity index (χ4n) is 3.28. The fraction of sp³-hybridized carbons (Fsp3) is 0.182. The molecule has 3 amide bonds. The Bertz CT molecular complexity index is 1160. The molecule has 0 saturated heterocycles. The number of fused-ring (bicyclic) bond motifs is 1. The lowest BCUT2D eigenvalue weighted by atomic mass is 9.90. The summed E-state index contributed by atoms with van der Waals surface area (Å²) in [7, 11) is 1.40. The third-order valence-electron chi connectivity index (χ3n) is 4.97. The maximum atomic E-state index is 13.3. The summed E-state index contributed by atoms with van der Waals surface area (Å²) in [6, 6.07) is 4.57. The van der Waals surface area contributed by atoms with Crippen LogP contribution >= 0.6 is 0 Å². The van der Waals surface area contributed by atoms with Crippen molar-refractivity contribution in [3.05, 3.63) is 82.2 Å². The average molecular weight is 423 g/mol. The second-order valence-electron chi connectivity index (χ2n) is 7.29. The van der Waals surface area contributed by atoms with E-state index in [1.807, 2.05) is 0 Å². The van der Waals surface area contributed by atoms with Crippen molar-refractivity contribution in [1.82, 2.24) is 15.2 Å². The van der Waals surface area contributed by atoms with Crippen LogP contribution in [0.5, 0.6) is 0 Å². The fourth-order valence-corrected chi connectivity index (χ4v) is 3.28. The van der Waals surface area contributed by atoms with Gasteiger partial charge >= 0.3 is 0 Å². The minimum Gasteiger partial charge on any atom is -0.398 e. The van der Waals surface area contributed by atoms with Gasteiger partial charge in [0.25, 0.3) is 11.8 Å². The van der Waals surface area contributed by atoms with Gasteiger partial charge in [-0.05, 0) is 49.3 Å². The number of aromatic nitrogens is 1. The highest BCUT2D eigenvalue weighted by atomic mass is 19.1. The third kappa shape index (κ3) is 4.30. The number of nitrogens with one attached hydrogen (secondary N) is 1. The molecule has 0 unspecified atom stereocenters. The van der Waals surface area contributed by atoms with Crippen LogP contribution in [-0.4, -0.2) is 34.7 Å². The minimum atomic E-state index is -0.752. The van der Waals surface area contributed by atoms with Gasteiger partial charge in [0.1, 0.15) is 11.6 Å². The summed E-state index contributed by atoms with van der Waals surface area (Å²) in [5.41, 5.74) is 14.0. The molecule has 1 aliphatic heterocycles. The number of hydrogen-bond acceptors (Lipinski definition) is 6. The summed E-state index contributed by atoms with van der Waals surface area (Å²) < 4.78 is 13.3. The normalized spacial score (nSPS) is 15.2. The molecule has 0 bridgehead atoms. The molecular formula is C22H22FN5O3. The summed E-state index contributed by atoms with van der Waals surface area (Å²) in [5.74, 6) is -2.58. The number of nitrogens with zero attached hydrogens (tertiary/aromatic N) is 2. The van der Waals surface area contributed by atoms with Gasteiger partial charge < -0.3 is 16.8 Å². The summed E-state index contributed by atoms with van der Waals surface area (Å²) in [4.78, 5) is 42.3. The Balaban J connectivity index is 1.81. The van der Waals surface area contributed by atoms with E-state index in [4.69, 9.17) is 11.5 Å². The molecular weight excluding hydrogens is 401 g/mol. The first kappa shape index (κ1) is 21.7. The number of imide groups is 1. The number of benzene rings is 1. The molecule has 0 saturated carbocycles. The lowest BCUT2D eigenvalue weighted by Gasteiger charge is -2.16. The maximum Gasteiger partial charge on any atom is 0.261 e. The molecule has 2 heterocycles. The number of nitrogens with two attached hydrogens (primary N) is 2. The van der Waals surface area contributed by atoms with Crippen LogP contribution in [0.3, 0.4) is 0 Å². The molecule has 0 radical (unpaired) electrons. The predicted octanol–water partition coefficient (Wildman–Crippen LogP) is 1.77. The minimum absolute atomic E-state index is 0.00739. The van der Waals surface area contributed by atoms with Crippen molar-refractivity contribution < 1.29 is 18.8 Å². The molecule has 0 aliphatic carbocycles. The highest BCUT2D eigenvalue weighted by Crippen LogP contribution is 2.31. The summed E-state index contributed by atoms with van der Waals surface area (Å²) in [6.07, 6.45) is 5.24. The van der Waals surface area contributed by atoms with Crippen LogP contribution in [0.25, 0.3) is 5.70 Å². The Labute approximate surface area is 178 Å². The molecule has 1 aromatic carbocycles. The molecule has 0 spiro atoms. The largest absolute Gasteiger partial charge is 0.398 e. The predicted molar refractivity (Wildman–Crippen MR) is 113 cm³/mol. The highest BCUT2D eigenvalue weighted by molar-refractivity contribution is 6.22. The van der Waals surface area contributed by atoms with E-state index >= 15 is 0 Å². The molecule has 5 N–H and O–H groups in total. The quantitative estimate of drug-likeness (QED) is 0.496. The van der Waals surface area contributed by atoms with Gasteiger partial charge in [-0.2, -0.15) is 0 Å². The van der Waals surface area contributed by atoms with Crippen molar-refractivity contribution in [2.45, 2.75) is 19.8 Å². The molecule has 1 atom stereocenters. The first-order chi connectivity index (χ1) is 14.6. The zero-order valence-electron chi connectivity index (χ0n) is 17.3. The highest BCUT2D eigenvalue weighted by Gasteiger charge is 2.37. The number of halogens is 1. The van der Waals surface area contributed by atoms with E-state index in [0.29, 0.717) is 11.1 Å². The van der Waals surface area contributed by atoms with Gasteiger partial charge in [0, 0.05) is 24.5 Å². The number of carbonyl (C=O) groups is 3. The molecule has 9 heteroatoms. The van der Waals surface area contributed by atoms with E-state index in [9.17, 15) is 18.8 Å². The number of pyridine rings is 1. The smallest absolute Gasteiger partial charge is 0.261 e. The number of aryl methyl sites for hydroxylation is 1. The van der Waals surface area contributed by atoms with E-state index in [1.54, 1.807) is 26.0 Å². The zero-order chi connectivity index (χ0) is 22.9. The topological polar surface area (TPSA) is 131 Å². The first-order valence-electron chi connectivity index (χ1n) is 9.41. The second-order valence-corrected chi connectivity index (χ2v) is 7.29. The van der Waals surface area contributed by atoms with Gasteiger partial charge in [0.2, 0.25) is 5.91 Å². The van der Waals surface area contributed by atoms with E-state index in [-0.39, 0.29) is 22.6 Å². The van der Waals surface area contributed by atoms with Crippen molar-refractivity contribution in [1.29, 1.82) is 0 Å². The van der Waals surface area contributed by atoms with Crippen LogP contribution in [0, 0.1) is 12.7 Å². The van der Waals surface area contributed by atoms with E-state index in [2.05, 4.69) is 10.3 Å². The van der Waals surface area contributed by atoms with Crippen molar-refractivity contribution >= 4 is 23.4 Å². The van der Waals surface area contributed by atoms with Crippen LogP contribution < -0.4 is 16.8 Å². The molecule has 3 rings (SSSR count). The van der Waals surface area contributed by atoms with Crippen LogP contribution in [0.4, 0.5) is 4.39 Å². The van der Waals surface area contributed by atoms with Crippen LogP contribution in [0.15, 0.2) is 48.6 Å². The van der Waals surface area contributed by atoms with Crippen molar-refractivity contribution in [3.8, 4) is 0 Å². The Morgan fingerprint density at radius 2 is 1.87 bits per heavy atom. The molecule has 1 aliphatic rings. The molecule has 160 valence electrons. The van der Waals surface area contributed by atoms with Gasteiger partial charge in [-0.15, -0.1) is 0 Å². The van der Waals surface area contributed by atoms with E-state index in [1.165, 1.54) is 31.5 Å². The molecule has 31 heavy (non-hydrogen) atoms. The van der Waals surface area contributed by atoms with Gasteiger partial charge in [0.15, 0.2) is 0 Å². The number of rotatable bonds is 5. The van der Waals surface area contributed by atoms with Crippen LogP contribution in [0.1, 0.15) is 50.2 Å². The van der Waals surface area contributed by atoms with Crippen molar-refractivity contribution in [2.24, 2.45) is 11.5 Å². The Hall–Kier alpha value is -4.01. The summed E-state index contributed by atoms with van der Waals surface area (Å²) in [5, 5.41) is 2.54. The summed E-state index contributed by atoms with van der Waals surface area (Å²) >= 11 is 0. The van der Waals surface area contributed by atoms with Gasteiger partial charge in [-0.1, -0.05) is 6.07 Å². The lowest BCUT2D eigenvalue weighted by Crippen LogP contribution is -2.32. The van der Waals surface area contributed by atoms with Gasteiger partial charge in [-0.25, -0.2) is 4.39 Å². The summed E-state index contributed by atoms with van der Waals surface area (Å²) in [6.45, 7) is 3.41. The standard InChI is InChI=1S/C22H22FN5O3/c1-11-6-15(19-16(7-11)21(30)28(3)22(19)31)12(2)20(29)27-18(25)5-4-17(24)13-8-14(23)10-26-9-13/h4-10,12H,24-25H2,1-3H3,(H,27,29)/b17-4-,18-5+/t12-/m0/s1. The first-order valence-corrected chi connectivity index (χ1v) is 9.41. The molecule has 0 fully saturated rings. The molecule has 2 aromatic rings. The Morgan fingerprint density at radius 3 is 2.55 bits per heavy atom. The Morgan fingerprint density at radius 1 is 1.16 bits per heavy atom. The maximum absolute atomic E-state index is 13.3. The number of hydrogen-bond donors (Lipinski definition) is 3. The monoisotopic (exact) mass is 423 g/mol. The van der Waals surface area contributed by atoms with E-state index in [0.717, 1.165) is 16.7 Å². The molecule has 1 aromatic heterocycles. The third-order valence-corrected chi connectivity index (χ3v) is 4.97. The number of carbonyl (C=O) groups excluding carboxylic acids is 3. The zero-order valence-corrected chi connectivity index (χ0v) is 17.3. The number of allylic oxidation sites excluding steroid dienone is 2. The average Bonchev–Trinajstić information content (AvgIpc) is 2.94. The van der Waals surface area contributed by atoms with Crippen LogP contribution in [0.2, 0.25) is 0 Å². The van der Waals surface area contributed by atoms with Gasteiger partial charge in [-0.3, -0.25) is 24.3 Å². The lowest BCUT2D eigenvalue weighted by molar-refractivity contribution is -0.121. The van der Waals surface area contributed by atoms with Crippen LogP contribution in [-0.2, 0) is 4.79 Å². The Kier molecular flexibility index (Phi) is 5.87. The SMILES string of the molecule is Cc1cc2c(c([C@H](C)C(=O)N/C(N)=C/C=C(\N)c3cncc(F)c3)c1)C(=O)N(C)C2=O. The van der Waals surface area contributed by atoms with E-state index < -0.39 is 29.5 Å². The number of amides is 3. The van der Waals surface area contributed by atoms with Crippen molar-refractivity contribution in [2.75, 3.05) is 7.05 Å².